The van der Waals surface area contributed by atoms with E-state index >= 15 is 0 Å². The van der Waals surface area contributed by atoms with Gasteiger partial charge in [-0.3, -0.25) is 0 Å². The summed E-state index contributed by atoms with van der Waals surface area (Å²) in [6.07, 6.45) is 13.6. The van der Waals surface area contributed by atoms with Crippen LogP contribution in [0, 0.1) is 0 Å². The lowest BCUT2D eigenvalue weighted by Gasteiger charge is -2.25. The van der Waals surface area contributed by atoms with Crippen molar-refractivity contribution in [2.75, 3.05) is 52.9 Å². The van der Waals surface area contributed by atoms with Crippen molar-refractivity contribution in [1.29, 1.82) is 0 Å². The van der Waals surface area contributed by atoms with Crippen LogP contribution in [0.3, 0.4) is 0 Å². The maximum atomic E-state index is 12.5. The summed E-state index contributed by atoms with van der Waals surface area (Å²) in [5.41, 5.74) is 13.2. The zero-order chi connectivity index (χ0) is 50.4. The van der Waals surface area contributed by atoms with Crippen LogP contribution in [0.2, 0.25) is 0 Å². The van der Waals surface area contributed by atoms with Crippen LogP contribution in [-0.2, 0) is 70.4 Å². The molecule has 0 fully saturated rings. The largest absolute Gasteiger partial charge is 0.491 e. The van der Waals surface area contributed by atoms with E-state index in [9.17, 15) is 19.8 Å². The van der Waals surface area contributed by atoms with Crippen molar-refractivity contribution in [3.05, 3.63) is 140 Å². The van der Waals surface area contributed by atoms with Gasteiger partial charge in [0.2, 0.25) is 0 Å². The third-order valence-corrected chi connectivity index (χ3v) is 12.5. The molecule has 1 aliphatic rings. The molecular weight excluding hydrogens is 881 g/mol. The first-order valence-electron chi connectivity index (χ1n) is 25.9. The molecule has 0 amide bonds. The Kier molecular flexibility index (Phi) is 22.9. The van der Waals surface area contributed by atoms with Crippen molar-refractivity contribution in [2.45, 2.75) is 144 Å². The lowest BCUT2D eigenvalue weighted by atomic mass is 9.87. The van der Waals surface area contributed by atoms with Crippen molar-refractivity contribution in [1.82, 2.24) is 0 Å². The number of carbonyl (C=O) groups is 2. The molecule has 0 saturated heterocycles. The SMILES string of the molecule is C=C(C)C(=O)OCCOc1c2cc(CCCC)cc1Cc1cc(CCCC)cc(c1OCCOC(=O)C(=C)C)Cc1cc(CCCC)cc(c1OCCO)Cc1cc(CCCC)cc(c1OCCO)C2. The normalized spacial score (nSPS) is 12.0. The van der Waals surface area contributed by atoms with Crippen LogP contribution in [0.15, 0.2) is 72.8 Å². The Morgan fingerprint density at radius 1 is 0.414 bits per heavy atom. The van der Waals surface area contributed by atoms with Gasteiger partial charge in [0.25, 0.3) is 0 Å². The number of ether oxygens (including phenoxy) is 6. The van der Waals surface area contributed by atoms with E-state index in [1.165, 1.54) is 22.3 Å². The summed E-state index contributed by atoms with van der Waals surface area (Å²) in [5.74, 6) is 1.93. The van der Waals surface area contributed by atoms with Gasteiger partial charge in [-0.25, -0.2) is 9.59 Å². The van der Waals surface area contributed by atoms with Crippen LogP contribution in [0.25, 0.3) is 0 Å². The minimum atomic E-state index is -0.470. The Hall–Kier alpha value is -5.58. The summed E-state index contributed by atoms with van der Waals surface area (Å²) >= 11 is 0. The number of carbonyl (C=O) groups excluding carboxylic acids is 2. The number of rotatable bonds is 28. The van der Waals surface area contributed by atoms with Gasteiger partial charge in [-0.2, -0.15) is 0 Å². The molecule has 0 aromatic heterocycles. The average Bonchev–Trinajstić information content (AvgIpc) is 3.34. The Bertz CT molecular complexity index is 2210. The standard InChI is InChI=1S/C60H80O10/c1-9-13-17-43-29-47-37-48-30-44(18-14-10-2)32-50(56(48)66-24-22-62)39-52-34-46(20-16-12-4)36-54(58(52)68-26-28-70-60(64)42(7)8)40-53-35-45(19-15-11-3)33-51(38-49(31-43)55(47)65-23-21-61)57(53)67-25-27-69-59(63)41(5)6/h29-36,61-62H,5,7,9-28,37-40H2,1-4,6,8H3. The van der Waals surface area contributed by atoms with Crippen LogP contribution < -0.4 is 18.9 Å². The fraction of sp³-hybridized carbons (Fsp3) is 0.500. The lowest BCUT2D eigenvalue weighted by molar-refractivity contribution is -0.140. The zero-order valence-corrected chi connectivity index (χ0v) is 43.2. The fourth-order valence-electron chi connectivity index (χ4n) is 9.12. The van der Waals surface area contributed by atoms with Gasteiger partial charge in [0.1, 0.15) is 62.6 Å². The number of benzene rings is 4. The molecule has 0 heterocycles. The van der Waals surface area contributed by atoms with E-state index in [1.54, 1.807) is 13.8 Å². The molecule has 0 radical (unpaired) electrons. The molecule has 0 unspecified atom stereocenters. The second-order valence-corrected chi connectivity index (χ2v) is 18.8. The van der Waals surface area contributed by atoms with Crippen LogP contribution in [0.4, 0.5) is 0 Å². The average molecular weight is 961 g/mol. The number of unbranched alkanes of at least 4 members (excludes halogenated alkanes) is 4. The van der Waals surface area contributed by atoms with Crippen LogP contribution in [-0.4, -0.2) is 75.0 Å². The predicted octanol–water partition coefficient (Wildman–Crippen LogP) is 11.5. The highest BCUT2D eigenvalue weighted by Gasteiger charge is 2.25. The first-order chi connectivity index (χ1) is 33.9. The highest BCUT2D eigenvalue weighted by atomic mass is 16.6. The molecule has 10 heteroatoms. The molecule has 0 aliphatic heterocycles. The van der Waals surface area contributed by atoms with Crippen molar-refractivity contribution >= 4 is 11.9 Å². The summed E-state index contributed by atoms with van der Waals surface area (Å²) in [6.45, 7) is 19.8. The summed E-state index contributed by atoms with van der Waals surface area (Å²) in [5, 5.41) is 20.5. The van der Waals surface area contributed by atoms with E-state index in [2.05, 4.69) is 89.4 Å². The number of hydrogen-bond donors (Lipinski definition) is 2. The Morgan fingerprint density at radius 2 is 0.643 bits per heavy atom. The molecule has 5 rings (SSSR count). The van der Waals surface area contributed by atoms with E-state index in [0.717, 1.165) is 133 Å². The minimum absolute atomic E-state index is 0.0380. The molecule has 2 N–H and O–H groups in total. The topological polar surface area (TPSA) is 130 Å². The minimum Gasteiger partial charge on any atom is -0.491 e. The van der Waals surface area contributed by atoms with E-state index in [4.69, 9.17) is 28.4 Å². The van der Waals surface area contributed by atoms with E-state index < -0.39 is 11.9 Å². The molecule has 380 valence electrons. The number of esters is 2. The third-order valence-electron chi connectivity index (χ3n) is 12.5. The van der Waals surface area contributed by atoms with E-state index in [0.29, 0.717) is 48.3 Å². The van der Waals surface area contributed by atoms with Gasteiger partial charge in [0.05, 0.1) is 13.2 Å². The molecule has 0 spiro atoms. The maximum Gasteiger partial charge on any atom is 0.333 e. The molecule has 4 aromatic rings. The molecule has 1 aliphatic carbocycles. The first-order valence-corrected chi connectivity index (χ1v) is 25.9. The Labute approximate surface area is 418 Å². The van der Waals surface area contributed by atoms with Crippen LogP contribution in [0.5, 0.6) is 23.0 Å². The zero-order valence-electron chi connectivity index (χ0n) is 43.2. The van der Waals surface area contributed by atoms with Crippen molar-refractivity contribution in [3.63, 3.8) is 0 Å². The number of aliphatic hydroxyl groups is 2. The number of aryl methyl sites for hydroxylation is 4. The predicted molar refractivity (Wildman–Crippen MR) is 279 cm³/mol. The highest BCUT2D eigenvalue weighted by Crippen LogP contribution is 2.41. The monoisotopic (exact) mass is 961 g/mol. The quantitative estimate of drug-likeness (QED) is 0.0284. The number of fused-ring (bicyclic) bond motifs is 8. The van der Waals surface area contributed by atoms with Crippen LogP contribution >= 0.6 is 0 Å². The van der Waals surface area contributed by atoms with Crippen molar-refractivity contribution in [3.8, 4) is 23.0 Å². The van der Waals surface area contributed by atoms with Crippen LogP contribution in [0.1, 0.15) is 160 Å². The van der Waals surface area contributed by atoms with Gasteiger partial charge in [0.15, 0.2) is 0 Å². The summed E-state index contributed by atoms with van der Waals surface area (Å²) in [4.78, 5) is 25.1. The van der Waals surface area contributed by atoms with Gasteiger partial charge in [-0.1, -0.05) is 115 Å². The lowest BCUT2D eigenvalue weighted by Crippen LogP contribution is -2.16. The molecule has 8 bridgehead atoms. The third kappa shape index (κ3) is 16.2. The molecule has 10 nitrogen and oxygen atoms in total. The van der Waals surface area contributed by atoms with E-state index in [1.807, 2.05) is 0 Å². The van der Waals surface area contributed by atoms with Gasteiger partial charge >= 0.3 is 11.9 Å². The molecule has 70 heavy (non-hydrogen) atoms. The summed E-state index contributed by atoms with van der Waals surface area (Å²) < 4.78 is 38.1. The van der Waals surface area contributed by atoms with Gasteiger partial charge in [-0.15, -0.1) is 0 Å². The number of aliphatic hydroxyl groups excluding tert-OH is 2. The van der Waals surface area contributed by atoms with E-state index in [-0.39, 0.29) is 52.9 Å². The molecule has 4 aromatic carbocycles. The maximum absolute atomic E-state index is 12.5. The highest BCUT2D eigenvalue weighted by molar-refractivity contribution is 5.87. The fourth-order valence-corrected chi connectivity index (χ4v) is 9.12. The van der Waals surface area contributed by atoms with Crippen molar-refractivity contribution in [2.24, 2.45) is 0 Å². The second kappa shape index (κ2) is 28.9. The molecule has 0 atom stereocenters. The van der Waals surface area contributed by atoms with Gasteiger partial charge in [0, 0.05) is 36.8 Å². The number of hydrogen-bond acceptors (Lipinski definition) is 10. The molecular formula is C60H80O10. The summed E-state index contributed by atoms with van der Waals surface area (Å²) in [6, 6.07) is 18.1. The van der Waals surface area contributed by atoms with Gasteiger partial charge < -0.3 is 38.6 Å². The molecule has 0 saturated carbocycles. The van der Waals surface area contributed by atoms with Gasteiger partial charge in [-0.05, 0) is 132 Å². The Balaban J connectivity index is 1.89. The first kappa shape index (κ1) is 55.3. The van der Waals surface area contributed by atoms with Crippen molar-refractivity contribution < 1.29 is 48.2 Å². The summed E-state index contributed by atoms with van der Waals surface area (Å²) in [7, 11) is 0. The Morgan fingerprint density at radius 3 is 0.843 bits per heavy atom. The second-order valence-electron chi connectivity index (χ2n) is 18.8. The smallest absolute Gasteiger partial charge is 0.333 e.